The van der Waals surface area contributed by atoms with Crippen molar-refractivity contribution in [3.8, 4) is 0 Å². The van der Waals surface area contributed by atoms with E-state index >= 15 is 0 Å². The Bertz CT molecular complexity index is 475. The van der Waals surface area contributed by atoms with Gasteiger partial charge in [0.1, 0.15) is 6.61 Å². The summed E-state index contributed by atoms with van der Waals surface area (Å²) in [6.07, 6.45) is -0.940. The van der Waals surface area contributed by atoms with Crippen molar-refractivity contribution in [3.63, 3.8) is 0 Å². The fourth-order valence-electron chi connectivity index (χ4n) is 1.46. The number of aliphatic hydroxyl groups excluding tert-OH is 1. The first-order valence-electron chi connectivity index (χ1n) is 5.71. The standard InChI is InChI=1S/C14H16O5/c1-9(14(17)18)7-13(16)12-5-3-11(4-6-12)8-19-10(2)15/h3-6,13,16H,1,7-8H2,2H3,(H,17,18)/t13-/m0/s1. The van der Waals surface area contributed by atoms with Crippen LogP contribution in [-0.2, 0) is 20.9 Å². The Hall–Kier alpha value is -2.14. The quantitative estimate of drug-likeness (QED) is 0.604. The van der Waals surface area contributed by atoms with E-state index in [4.69, 9.17) is 9.84 Å². The molecule has 0 saturated heterocycles. The van der Waals surface area contributed by atoms with E-state index in [0.717, 1.165) is 5.56 Å². The smallest absolute Gasteiger partial charge is 0.331 e. The normalized spacial score (nSPS) is 11.7. The van der Waals surface area contributed by atoms with Crippen LogP contribution in [0, 0.1) is 0 Å². The highest BCUT2D eigenvalue weighted by Gasteiger charge is 2.13. The molecule has 0 radical (unpaired) electrons. The lowest BCUT2D eigenvalue weighted by Crippen LogP contribution is -2.06. The number of carboxylic acid groups (broad SMARTS) is 1. The van der Waals surface area contributed by atoms with Crippen LogP contribution in [0.1, 0.15) is 30.6 Å². The Morgan fingerprint density at radius 1 is 1.32 bits per heavy atom. The zero-order chi connectivity index (χ0) is 14.4. The van der Waals surface area contributed by atoms with Gasteiger partial charge in [-0.1, -0.05) is 30.8 Å². The fraction of sp³-hybridized carbons (Fsp3) is 0.286. The highest BCUT2D eigenvalue weighted by Crippen LogP contribution is 2.21. The van der Waals surface area contributed by atoms with Crippen LogP contribution in [0.4, 0.5) is 0 Å². The molecule has 1 atom stereocenters. The third-order valence-corrected chi connectivity index (χ3v) is 2.55. The molecule has 0 aliphatic carbocycles. The second-order valence-corrected chi connectivity index (χ2v) is 4.15. The lowest BCUT2D eigenvalue weighted by molar-refractivity contribution is -0.142. The molecule has 0 fully saturated rings. The van der Waals surface area contributed by atoms with Crippen LogP contribution in [0.3, 0.4) is 0 Å². The maximum absolute atomic E-state index is 10.6. The summed E-state index contributed by atoms with van der Waals surface area (Å²) in [5.41, 5.74) is 1.34. The van der Waals surface area contributed by atoms with Gasteiger partial charge < -0.3 is 14.9 Å². The summed E-state index contributed by atoms with van der Waals surface area (Å²) in [5, 5.41) is 18.5. The number of rotatable bonds is 6. The average Bonchev–Trinajstić information content (AvgIpc) is 2.36. The van der Waals surface area contributed by atoms with Gasteiger partial charge in [-0.3, -0.25) is 4.79 Å². The summed E-state index contributed by atoms with van der Waals surface area (Å²) >= 11 is 0. The molecule has 2 N–H and O–H groups in total. The van der Waals surface area contributed by atoms with Gasteiger partial charge in [0.15, 0.2) is 0 Å². The average molecular weight is 264 g/mol. The minimum atomic E-state index is -1.12. The van der Waals surface area contributed by atoms with Crippen molar-refractivity contribution in [2.75, 3.05) is 0 Å². The van der Waals surface area contributed by atoms with Gasteiger partial charge in [-0.15, -0.1) is 0 Å². The number of carboxylic acids is 1. The summed E-state index contributed by atoms with van der Waals surface area (Å²) < 4.78 is 4.83. The number of carbonyl (C=O) groups excluding carboxylic acids is 1. The number of aliphatic carboxylic acids is 1. The number of carbonyl (C=O) groups is 2. The van der Waals surface area contributed by atoms with Crippen molar-refractivity contribution in [2.24, 2.45) is 0 Å². The van der Waals surface area contributed by atoms with Crippen molar-refractivity contribution in [1.29, 1.82) is 0 Å². The van der Waals surface area contributed by atoms with E-state index < -0.39 is 12.1 Å². The van der Waals surface area contributed by atoms with Crippen LogP contribution >= 0.6 is 0 Å². The third-order valence-electron chi connectivity index (χ3n) is 2.55. The van der Waals surface area contributed by atoms with Crippen molar-refractivity contribution < 1.29 is 24.5 Å². The minimum Gasteiger partial charge on any atom is -0.478 e. The Balaban J connectivity index is 2.62. The first kappa shape index (κ1) is 14.9. The topological polar surface area (TPSA) is 83.8 Å². The molecule has 0 unspecified atom stereocenters. The summed E-state index contributed by atoms with van der Waals surface area (Å²) in [7, 11) is 0. The third kappa shape index (κ3) is 4.93. The van der Waals surface area contributed by atoms with Gasteiger partial charge in [0.05, 0.1) is 6.10 Å². The molecular weight excluding hydrogens is 248 g/mol. The molecule has 0 aliphatic rings. The number of aliphatic hydroxyl groups is 1. The molecule has 1 rings (SSSR count). The Morgan fingerprint density at radius 3 is 2.37 bits per heavy atom. The zero-order valence-electron chi connectivity index (χ0n) is 10.6. The molecule has 0 bridgehead atoms. The van der Waals surface area contributed by atoms with E-state index in [1.165, 1.54) is 6.92 Å². The first-order chi connectivity index (χ1) is 8.90. The molecule has 102 valence electrons. The maximum atomic E-state index is 10.6. The number of ether oxygens (including phenoxy) is 1. The van der Waals surface area contributed by atoms with Gasteiger partial charge in [0, 0.05) is 18.9 Å². The van der Waals surface area contributed by atoms with Crippen molar-refractivity contribution in [1.82, 2.24) is 0 Å². The summed E-state index contributed by atoms with van der Waals surface area (Å²) in [5.74, 6) is -1.48. The van der Waals surface area contributed by atoms with Crippen molar-refractivity contribution in [2.45, 2.75) is 26.1 Å². The van der Waals surface area contributed by atoms with Crippen LogP contribution in [0.2, 0.25) is 0 Å². The minimum absolute atomic E-state index is 0.0291. The Morgan fingerprint density at radius 2 is 1.89 bits per heavy atom. The molecule has 1 aromatic carbocycles. The van der Waals surface area contributed by atoms with E-state index in [1.54, 1.807) is 24.3 Å². The van der Waals surface area contributed by atoms with Gasteiger partial charge in [-0.05, 0) is 11.1 Å². The predicted octanol–water partition coefficient (Wildman–Crippen LogP) is 1.81. The lowest BCUT2D eigenvalue weighted by Gasteiger charge is -2.11. The summed E-state index contributed by atoms with van der Waals surface area (Å²) in [6.45, 7) is 4.87. The molecule has 0 spiro atoms. The molecule has 0 aliphatic heterocycles. The van der Waals surface area contributed by atoms with E-state index in [9.17, 15) is 14.7 Å². The van der Waals surface area contributed by atoms with Crippen molar-refractivity contribution in [3.05, 3.63) is 47.5 Å². The molecule has 19 heavy (non-hydrogen) atoms. The molecule has 5 nitrogen and oxygen atoms in total. The number of benzene rings is 1. The first-order valence-corrected chi connectivity index (χ1v) is 5.71. The Labute approximate surface area is 111 Å². The van der Waals surface area contributed by atoms with Crippen LogP contribution < -0.4 is 0 Å². The lowest BCUT2D eigenvalue weighted by atomic mass is 10.0. The number of hydrogen-bond acceptors (Lipinski definition) is 4. The molecule has 1 aromatic rings. The van der Waals surface area contributed by atoms with Crippen LogP contribution in [0.15, 0.2) is 36.4 Å². The number of hydrogen-bond donors (Lipinski definition) is 2. The van der Waals surface area contributed by atoms with Crippen LogP contribution in [-0.4, -0.2) is 22.2 Å². The van der Waals surface area contributed by atoms with E-state index in [1.807, 2.05) is 0 Å². The van der Waals surface area contributed by atoms with E-state index in [-0.39, 0.29) is 24.6 Å². The van der Waals surface area contributed by atoms with Gasteiger partial charge in [-0.25, -0.2) is 4.79 Å². The van der Waals surface area contributed by atoms with Gasteiger partial charge >= 0.3 is 11.9 Å². The monoisotopic (exact) mass is 264 g/mol. The molecule has 0 amide bonds. The summed E-state index contributed by atoms with van der Waals surface area (Å²) in [6, 6.07) is 6.76. The van der Waals surface area contributed by atoms with E-state index in [2.05, 4.69) is 6.58 Å². The predicted molar refractivity (Wildman–Crippen MR) is 68.3 cm³/mol. The van der Waals surface area contributed by atoms with E-state index in [0.29, 0.717) is 5.56 Å². The Kier molecular flexibility index (Phi) is 5.26. The van der Waals surface area contributed by atoms with Crippen molar-refractivity contribution >= 4 is 11.9 Å². The molecule has 0 aromatic heterocycles. The molecule has 0 saturated carbocycles. The van der Waals surface area contributed by atoms with Crippen LogP contribution in [0.25, 0.3) is 0 Å². The second kappa shape index (κ2) is 6.70. The van der Waals surface area contributed by atoms with Gasteiger partial charge in [-0.2, -0.15) is 0 Å². The summed E-state index contributed by atoms with van der Waals surface area (Å²) in [4.78, 5) is 21.3. The molecule has 5 heteroatoms. The van der Waals surface area contributed by atoms with Gasteiger partial charge in [0.2, 0.25) is 0 Å². The second-order valence-electron chi connectivity index (χ2n) is 4.15. The zero-order valence-corrected chi connectivity index (χ0v) is 10.6. The highest BCUT2D eigenvalue weighted by atomic mass is 16.5. The molecular formula is C14H16O5. The highest BCUT2D eigenvalue weighted by molar-refractivity contribution is 5.85. The van der Waals surface area contributed by atoms with Gasteiger partial charge in [0.25, 0.3) is 0 Å². The largest absolute Gasteiger partial charge is 0.478 e. The SMILES string of the molecule is C=C(C[C@H](O)c1ccc(COC(C)=O)cc1)C(=O)O. The number of esters is 1. The van der Waals surface area contributed by atoms with Crippen LogP contribution in [0.5, 0.6) is 0 Å². The maximum Gasteiger partial charge on any atom is 0.331 e. The molecule has 0 heterocycles. The fourth-order valence-corrected chi connectivity index (χ4v) is 1.46.